The Balaban J connectivity index is 1.64. The molecule has 0 spiro atoms. The number of piperidine rings is 1. The van der Waals surface area contributed by atoms with E-state index in [1.54, 1.807) is 15.3 Å². The molecule has 0 aliphatic carbocycles. The molecule has 1 aromatic rings. The number of rotatable bonds is 4. The van der Waals surface area contributed by atoms with Crippen LogP contribution in [0.5, 0.6) is 0 Å². The molecule has 0 saturated carbocycles. The minimum Gasteiger partial charge on any atom is -0.336 e. The predicted molar refractivity (Wildman–Crippen MR) is 94.4 cm³/mol. The van der Waals surface area contributed by atoms with E-state index in [2.05, 4.69) is 10.2 Å². The lowest BCUT2D eigenvalue weighted by atomic mass is 10.2. The number of carbonyl (C=O) groups excluding carboxylic acids is 1. The van der Waals surface area contributed by atoms with Crippen molar-refractivity contribution >= 4 is 16.1 Å². The highest BCUT2D eigenvalue weighted by Gasteiger charge is 2.32. The fourth-order valence-electron chi connectivity index (χ4n) is 3.40. The molecule has 8 nitrogen and oxygen atoms in total. The molecule has 0 radical (unpaired) electrons. The van der Waals surface area contributed by atoms with Crippen molar-refractivity contribution in [2.75, 3.05) is 39.3 Å². The third-order valence-electron chi connectivity index (χ3n) is 4.94. The van der Waals surface area contributed by atoms with Gasteiger partial charge in [0.2, 0.25) is 0 Å². The standard InChI is InChI=1S/C16H27N5O3S/c1-2-14-13-15(18-17-14)16(22)19-7-6-10-21(12-11-19)25(23,24)20-8-4-3-5-9-20/h13H,2-12H2,1H3,(H,17,18). The van der Waals surface area contributed by atoms with Gasteiger partial charge in [-0.15, -0.1) is 0 Å². The van der Waals surface area contributed by atoms with Crippen molar-refractivity contribution in [1.29, 1.82) is 0 Å². The lowest BCUT2D eigenvalue weighted by Gasteiger charge is -2.31. The first-order valence-corrected chi connectivity index (χ1v) is 10.5. The summed E-state index contributed by atoms with van der Waals surface area (Å²) in [5.74, 6) is -0.131. The lowest BCUT2D eigenvalue weighted by molar-refractivity contribution is 0.0758. The second-order valence-corrected chi connectivity index (χ2v) is 8.57. The predicted octanol–water partition coefficient (Wildman–Crippen LogP) is 0.851. The fourth-order valence-corrected chi connectivity index (χ4v) is 5.12. The number of H-pyrrole nitrogens is 1. The van der Waals surface area contributed by atoms with Gasteiger partial charge in [-0.3, -0.25) is 9.89 Å². The first-order valence-electron chi connectivity index (χ1n) is 9.11. The van der Waals surface area contributed by atoms with Crippen molar-refractivity contribution in [3.05, 3.63) is 17.5 Å². The highest BCUT2D eigenvalue weighted by atomic mass is 32.2. The molecule has 2 fully saturated rings. The molecule has 0 aromatic carbocycles. The largest absolute Gasteiger partial charge is 0.336 e. The van der Waals surface area contributed by atoms with Crippen molar-refractivity contribution in [2.24, 2.45) is 0 Å². The van der Waals surface area contributed by atoms with Gasteiger partial charge in [0, 0.05) is 45.0 Å². The molecule has 0 atom stereocenters. The van der Waals surface area contributed by atoms with E-state index in [1.807, 2.05) is 6.92 Å². The third-order valence-corrected chi connectivity index (χ3v) is 6.98. The van der Waals surface area contributed by atoms with Gasteiger partial charge in [-0.05, 0) is 31.7 Å². The molecule has 25 heavy (non-hydrogen) atoms. The zero-order valence-corrected chi connectivity index (χ0v) is 15.6. The average Bonchev–Trinajstić information content (AvgIpc) is 2.98. The quantitative estimate of drug-likeness (QED) is 0.852. The molecule has 2 aliphatic rings. The van der Waals surface area contributed by atoms with Gasteiger partial charge in [0.15, 0.2) is 0 Å². The maximum Gasteiger partial charge on any atom is 0.282 e. The number of amides is 1. The molecule has 1 amide bonds. The van der Waals surface area contributed by atoms with Gasteiger partial charge >= 0.3 is 0 Å². The molecule has 0 bridgehead atoms. The van der Waals surface area contributed by atoms with E-state index >= 15 is 0 Å². The van der Waals surface area contributed by atoms with Gasteiger partial charge in [0.25, 0.3) is 16.1 Å². The molecule has 9 heteroatoms. The topological polar surface area (TPSA) is 89.6 Å². The van der Waals surface area contributed by atoms with Crippen LogP contribution in [0.25, 0.3) is 0 Å². The number of aryl methyl sites for hydroxylation is 1. The number of nitrogens with one attached hydrogen (secondary N) is 1. The number of hydrogen-bond acceptors (Lipinski definition) is 4. The van der Waals surface area contributed by atoms with E-state index in [1.165, 1.54) is 4.31 Å². The Bertz CT molecular complexity index is 696. The molecule has 1 aromatic heterocycles. The van der Waals surface area contributed by atoms with Crippen LogP contribution in [0.3, 0.4) is 0 Å². The molecule has 140 valence electrons. The molecule has 3 heterocycles. The Morgan fingerprint density at radius 1 is 1.04 bits per heavy atom. The summed E-state index contributed by atoms with van der Waals surface area (Å²) in [5, 5.41) is 6.93. The number of carbonyl (C=O) groups is 1. The van der Waals surface area contributed by atoms with Crippen LogP contribution >= 0.6 is 0 Å². The Morgan fingerprint density at radius 2 is 1.72 bits per heavy atom. The molecular weight excluding hydrogens is 342 g/mol. The van der Waals surface area contributed by atoms with Crippen molar-refractivity contribution in [1.82, 2.24) is 23.7 Å². The van der Waals surface area contributed by atoms with Gasteiger partial charge in [0.1, 0.15) is 5.69 Å². The average molecular weight is 369 g/mol. The van der Waals surface area contributed by atoms with Gasteiger partial charge in [-0.2, -0.15) is 22.1 Å². The van der Waals surface area contributed by atoms with Crippen LogP contribution < -0.4 is 0 Å². The number of hydrogen-bond donors (Lipinski definition) is 1. The number of nitrogens with zero attached hydrogens (tertiary/aromatic N) is 4. The minimum absolute atomic E-state index is 0.131. The molecule has 2 saturated heterocycles. The normalized spacial score (nSPS) is 21.2. The number of aromatic nitrogens is 2. The summed E-state index contributed by atoms with van der Waals surface area (Å²) in [4.78, 5) is 14.3. The van der Waals surface area contributed by atoms with E-state index in [-0.39, 0.29) is 5.91 Å². The van der Waals surface area contributed by atoms with Crippen molar-refractivity contribution in [3.63, 3.8) is 0 Å². The Hall–Kier alpha value is -1.45. The van der Waals surface area contributed by atoms with Crippen LogP contribution in [-0.4, -0.2) is 77.3 Å². The zero-order chi connectivity index (χ0) is 17.9. The van der Waals surface area contributed by atoms with Gasteiger partial charge in [-0.25, -0.2) is 0 Å². The zero-order valence-electron chi connectivity index (χ0n) is 14.8. The summed E-state index contributed by atoms with van der Waals surface area (Å²) in [6.45, 7) is 4.97. The van der Waals surface area contributed by atoms with Crippen molar-refractivity contribution in [3.8, 4) is 0 Å². The SMILES string of the molecule is CCc1cc(C(=O)N2CCCN(S(=O)(=O)N3CCCCC3)CC2)n[nH]1. The van der Waals surface area contributed by atoms with E-state index < -0.39 is 10.2 Å². The third kappa shape index (κ3) is 4.04. The van der Waals surface area contributed by atoms with E-state index in [9.17, 15) is 13.2 Å². The fraction of sp³-hybridized carbons (Fsp3) is 0.750. The van der Waals surface area contributed by atoms with Crippen LogP contribution in [0.4, 0.5) is 0 Å². The highest BCUT2D eigenvalue weighted by Crippen LogP contribution is 2.18. The summed E-state index contributed by atoms with van der Waals surface area (Å²) in [7, 11) is -3.42. The highest BCUT2D eigenvalue weighted by molar-refractivity contribution is 7.86. The minimum atomic E-state index is -3.42. The molecule has 3 rings (SSSR count). The summed E-state index contributed by atoms with van der Waals surface area (Å²) < 4.78 is 28.8. The monoisotopic (exact) mass is 369 g/mol. The van der Waals surface area contributed by atoms with E-state index in [0.29, 0.717) is 51.4 Å². The Morgan fingerprint density at radius 3 is 2.40 bits per heavy atom. The van der Waals surface area contributed by atoms with Crippen LogP contribution in [0.15, 0.2) is 6.07 Å². The maximum absolute atomic E-state index is 12.8. The first kappa shape index (κ1) is 18.3. The lowest BCUT2D eigenvalue weighted by Crippen LogP contribution is -2.47. The molecular formula is C16H27N5O3S. The Labute approximate surface area is 149 Å². The maximum atomic E-state index is 12.8. The van der Waals surface area contributed by atoms with Crippen LogP contribution in [0.2, 0.25) is 0 Å². The van der Waals surface area contributed by atoms with Crippen LogP contribution in [0, 0.1) is 0 Å². The van der Waals surface area contributed by atoms with E-state index in [0.717, 1.165) is 31.4 Å². The van der Waals surface area contributed by atoms with Crippen LogP contribution in [0.1, 0.15) is 48.8 Å². The summed E-state index contributed by atoms with van der Waals surface area (Å²) in [6.07, 6.45) is 4.39. The second kappa shape index (κ2) is 7.84. The van der Waals surface area contributed by atoms with E-state index in [4.69, 9.17) is 0 Å². The van der Waals surface area contributed by atoms with Gasteiger partial charge in [0.05, 0.1) is 0 Å². The Kier molecular flexibility index (Phi) is 5.75. The molecule has 2 aliphatic heterocycles. The van der Waals surface area contributed by atoms with Gasteiger partial charge in [-0.1, -0.05) is 13.3 Å². The number of aromatic amines is 1. The summed E-state index contributed by atoms with van der Waals surface area (Å²) in [5.41, 5.74) is 1.33. The second-order valence-electron chi connectivity index (χ2n) is 6.64. The van der Waals surface area contributed by atoms with Crippen LogP contribution in [-0.2, 0) is 16.6 Å². The summed E-state index contributed by atoms with van der Waals surface area (Å²) in [6, 6.07) is 1.77. The van der Waals surface area contributed by atoms with Crippen molar-refractivity contribution < 1.29 is 13.2 Å². The van der Waals surface area contributed by atoms with Crippen molar-refractivity contribution in [2.45, 2.75) is 39.0 Å². The first-order chi connectivity index (χ1) is 12.0. The summed E-state index contributed by atoms with van der Waals surface area (Å²) >= 11 is 0. The molecule has 0 unspecified atom stereocenters. The van der Waals surface area contributed by atoms with Gasteiger partial charge < -0.3 is 4.90 Å². The smallest absolute Gasteiger partial charge is 0.282 e. The molecule has 1 N–H and O–H groups in total.